The van der Waals surface area contributed by atoms with E-state index in [9.17, 15) is 22.8 Å². The first-order valence-corrected chi connectivity index (χ1v) is 5.22. The van der Waals surface area contributed by atoms with Crippen LogP contribution in [0, 0.1) is 0 Å². The Hall–Kier alpha value is -1.11. The first kappa shape index (κ1) is 14.0. The third kappa shape index (κ3) is 3.42. The number of carbonyl (C=O) groups excluding carboxylic acids is 2. The minimum Gasteiger partial charge on any atom is -0.450 e. The van der Waals surface area contributed by atoms with Crippen LogP contribution in [0.1, 0.15) is 26.7 Å². The minimum atomic E-state index is -5.01. The highest BCUT2D eigenvalue weighted by atomic mass is 19.4. The lowest BCUT2D eigenvalue weighted by atomic mass is 10.0. The summed E-state index contributed by atoms with van der Waals surface area (Å²) in [5.74, 6) is -2.87. The number of hydrogen-bond donors (Lipinski definition) is 1. The van der Waals surface area contributed by atoms with Gasteiger partial charge in [-0.15, -0.1) is 0 Å². The number of nitrogens with one attached hydrogen (secondary N) is 1. The number of esters is 1. The third-order valence-electron chi connectivity index (χ3n) is 2.50. The molecule has 1 unspecified atom stereocenters. The molecule has 0 radical (unpaired) electrons. The standard InChI is InChI=1S/C10H14F3NO3/c1-9(2,8(16)10(11,12)13)17-7(15)6-4-3-5-14-6/h6,14H,3-5H2,1-2H3. The SMILES string of the molecule is CC(C)(OC(=O)C1CCCN1)C(=O)C(F)(F)F. The molecule has 0 aromatic rings. The molecule has 1 fully saturated rings. The third-order valence-corrected chi connectivity index (χ3v) is 2.50. The molecular weight excluding hydrogens is 239 g/mol. The molecule has 0 aromatic heterocycles. The Balaban J connectivity index is 2.65. The summed E-state index contributed by atoms with van der Waals surface area (Å²) in [6.45, 7) is 2.50. The Bertz CT molecular complexity index is 319. The van der Waals surface area contributed by atoms with Crippen molar-refractivity contribution in [3.63, 3.8) is 0 Å². The summed E-state index contributed by atoms with van der Waals surface area (Å²) in [6, 6.07) is -0.615. The van der Waals surface area contributed by atoms with Crippen LogP contribution in [-0.2, 0) is 14.3 Å². The van der Waals surface area contributed by atoms with Gasteiger partial charge >= 0.3 is 12.1 Å². The molecule has 0 bridgehead atoms. The smallest absolute Gasteiger partial charge is 0.450 e. The van der Waals surface area contributed by atoms with Crippen LogP contribution in [0.2, 0.25) is 0 Å². The van der Waals surface area contributed by atoms with Crippen LogP contribution in [-0.4, -0.2) is 36.1 Å². The first-order chi connectivity index (χ1) is 7.64. The van der Waals surface area contributed by atoms with E-state index >= 15 is 0 Å². The topological polar surface area (TPSA) is 55.4 Å². The van der Waals surface area contributed by atoms with Crippen LogP contribution in [0.4, 0.5) is 13.2 Å². The van der Waals surface area contributed by atoms with Crippen molar-refractivity contribution in [1.82, 2.24) is 5.32 Å². The van der Waals surface area contributed by atoms with Gasteiger partial charge in [-0.1, -0.05) is 0 Å². The monoisotopic (exact) mass is 253 g/mol. The van der Waals surface area contributed by atoms with Gasteiger partial charge in [0, 0.05) is 0 Å². The lowest BCUT2D eigenvalue weighted by Crippen LogP contribution is -2.48. The van der Waals surface area contributed by atoms with Crippen molar-refractivity contribution in [3.8, 4) is 0 Å². The van der Waals surface area contributed by atoms with E-state index in [1.807, 2.05) is 0 Å². The Kier molecular flexibility index (Phi) is 3.81. The fraction of sp³-hybridized carbons (Fsp3) is 0.800. The van der Waals surface area contributed by atoms with Gasteiger partial charge in [0.25, 0.3) is 5.78 Å². The van der Waals surface area contributed by atoms with Gasteiger partial charge in [-0.3, -0.25) is 9.59 Å². The maximum absolute atomic E-state index is 12.2. The highest BCUT2D eigenvalue weighted by Crippen LogP contribution is 2.26. The largest absolute Gasteiger partial charge is 0.454 e. The van der Waals surface area contributed by atoms with Crippen LogP contribution in [0.5, 0.6) is 0 Å². The molecule has 17 heavy (non-hydrogen) atoms. The van der Waals surface area contributed by atoms with Crippen LogP contribution in [0.25, 0.3) is 0 Å². The molecule has 1 aliphatic rings. The van der Waals surface area contributed by atoms with E-state index < -0.39 is 29.6 Å². The summed E-state index contributed by atoms with van der Waals surface area (Å²) in [4.78, 5) is 22.5. The predicted octanol–water partition coefficient (Wildman–Crippen LogP) is 1.19. The zero-order valence-corrected chi connectivity index (χ0v) is 9.56. The van der Waals surface area contributed by atoms with Crippen molar-refractivity contribution < 1.29 is 27.5 Å². The molecule has 0 saturated carbocycles. The second kappa shape index (κ2) is 4.64. The zero-order valence-electron chi connectivity index (χ0n) is 9.56. The number of carbonyl (C=O) groups is 2. The van der Waals surface area contributed by atoms with E-state index in [1.165, 1.54) is 0 Å². The highest BCUT2D eigenvalue weighted by molar-refractivity contribution is 5.93. The van der Waals surface area contributed by atoms with E-state index in [1.54, 1.807) is 0 Å². The van der Waals surface area contributed by atoms with E-state index in [4.69, 9.17) is 0 Å². The summed E-state index contributed by atoms with van der Waals surface area (Å²) in [5, 5.41) is 2.79. The van der Waals surface area contributed by atoms with Crippen LogP contribution in [0.15, 0.2) is 0 Å². The van der Waals surface area contributed by atoms with Gasteiger partial charge in [-0.2, -0.15) is 13.2 Å². The molecule has 7 heteroatoms. The fourth-order valence-electron chi connectivity index (χ4n) is 1.60. The van der Waals surface area contributed by atoms with Crippen molar-refractivity contribution in [2.24, 2.45) is 0 Å². The Labute approximate surface area is 96.5 Å². The van der Waals surface area contributed by atoms with Crippen molar-refractivity contribution >= 4 is 11.8 Å². The van der Waals surface area contributed by atoms with Gasteiger partial charge in [0.15, 0.2) is 5.60 Å². The second-order valence-electron chi connectivity index (χ2n) is 4.41. The van der Waals surface area contributed by atoms with Gasteiger partial charge in [-0.25, -0.2) is 0 Å². The molecule has 1 atom stereocenters. The molecule has 0 amide bonds. The summed E-state index contributed by atoms with van der Waals surface area (Å²) >= 11 is 0. The van der Waals surface area contributed by atoms with E-state index in [-0.39, 0.29) is 0 Å². The Morgan fingerprint density at radius 3 is 2.29 bits per heavy atom. The summed E-state index contributed by atoms with van der Waals surface area (Å²) in [7, 11) is 0. The molecule has 1 N–H and O–H groups in total. The average Bonchev–Trinajstić information content (AvgIpc) is 2.67. The molecule has 1 heterocycles. The zero-order chi connectivity index (χ0) is 13.3. The number of hydrogen-bond acceptors (Lipinski definition) is 4. The van der Waals surface area contributed by atoms with E-state index in [0.29, 0.717) is 13.0 Å². The average molecular weight is 253 g/mol. The van der Waals surface area contributed by atoms with Crippen molar-refractivity contribution in [1.29, 1.82) is 0 Å². The maximum atomic E-state index is 12.2. The number of halogens is 3. The van der Waals surface area contributed by atoms with Crippen molar-refractivity contribution in [2.75, 3.05) is 6.54 Å². The highest BCUT2D eigenvalue weighted by Gasteiger charge is 2.50. The molecule has 0 aromatic carbocycles. The van der Waals surface area contributed by atoms with Crippen LogP contribution >= 0.6 is 0 Å². The van der Waals surface area contributed by atoms with Gasteiger partial charge in [0.05, 0.1) is 0 Å². The summed E-state index contributed by atoms with van der Waals surface area (Å²) in [6.07, 6.45) is -3.74. The quantitative estimate of drug-likeness (QED) is 0.768. The van der Waals surface area contributed by atoms with Crippen LogP contribution < -0.4 is 5.32 Å². The first-order valence-electron chi connectivity index (χ1n) is 5.22. The van der Waals surface area contributed by atoms with Crippen LogP contribution in [0.3, 0.4) is 0 Å². The number of Topliss-reactive ketones (excluding diaryl/α,β-unsaturated/α-hetero) is 1. The lowest BCUT2D eigenvalue weighted by Gasteiger charge is -2.26. The van der Waals surface area contributed by atoms with Gasteiger partial charge in [0.2, 0.25) is 0 Å². The fourth-order valence-corrected chi connectivity index (χ4v) is 1.60. The van der Waals surface area contributed by atoms with Gasteiger partial charge in [0.1, 0.15) is 6.04 Å². The molecule has 4 nitrogen and oxygen atoms in total. The number of alkyl halides is 3. The van der Waals surface area contributed by atoms with Gasteiger partial charge in [-0.05, 0) is 33.2 Å². The molecule has 0 aliphatic carbocycles. The summed E-state index contributed by atoms with van der Waals surface area (Å²) in [5.41, 5.74) is -2.18. The molecule has 1 aliphatic heterocycles. The minimum absolute atomic E-state index is 0.509. The Morgan fingerprint density at radius 1 is 1.29 bits per heavy atom. The molecule has 0 spiro atoms. The summed E-state index contributed by atoms with van der Waals surface area (Å²) < 4.78 is 41.3. The maximum Gasteiger partial charge on any atom is 0.454 e. The second-order valence-corrected chi connectivity index (χ2v) is 4.41. The molecule has 98 valence electrons. The molecular formula is C10H14F3NO3. The number of ether oxygens (including phenoxy) is 1. The predicted molar refractivity (Wildman–Crippen MR) is 52.3 cm³/mol. The van der Waals surface area contributed by atoms with E-state index in [2.05, 4.69) is 10.1 Å². The van der Waals surface area contributed by atoms with E-state index in [0.717, 1.165) is 20.3 Å². The molecule has 1 saturated heterocycles. The van der Waals surface area contributed by atoms with Crippen molar-refractivity contribution in [2.45, 2.75) is 44.5 Å². The number of rotatable bonds is 3. The van der Waals surface area contributed by atoms with Gasteiger partial charge < -0.3 is 10.1 Å². The number of ketones is 1. The normalized spacial score (nSPS) is 21.4. The lowest BCUT2D eigenvalue weighted by molar-refractivity contribution is -0.195. The molecule has 1 rings (SSSR count). The Morgan fingerprint density at radius 2 is 1.88 bits per heavy atom. The van der Waals surface area contributed by atoms with Crippen molar-refractivity contribution in [3.05, 3.63) is 0 Å².